The number of carbonyl (C=O) groups is 3. The van der Waals surface area contributed by atoms with Gasteiger partial charge in [-0.2, -0.15) is 0 Å². The second-order valence-electron chi connectivity index (χ2n) is 9.12. The molecule has 3 atom stereocenters. The molecule has 1 saturated heterocycles. The molecule has 148 valence electrons. The molecule has 1 aliphatic heterocycles. The van der Waals surface area contributed by atoms with Crippen molar-refractivity contribution in [3.8, 4) is 0 Å². The Morgan fingerprint density at radius 3 is 2.15 bits per heavy atom. The summed E-state index contributed by atoms with van der Waals surface area (Å²) in [7, 11) is 0. The summed E-state index contributed by atoms with van der Waals surface area (Å²) in [6.45, 7) is 8.96. The Balaban J connectivity index is 1.91. The molecule has 2 N–H and O–H groups in total. The van der Waals surface area contributed by atoms with Gasteiger partial charge in [0, 0.05) is 38.5 Å². The fourth-order valence-corrected chi connectivity index (χ4v) is 4.02. The van der Waals surface area contributed by atoms with Crippen LogP contribution in [-0.4, -0.2) is 47.8 Å². The Hall–Kier alpha value is -1.59. The van der Waals surface area contributed by atoms with Crippen molar-refractivity contribution in [1.82, 2.24) is 15.5 Å². The van der Waals surface area contributed by atoms with Gasteiger partial charge in [-0.05, 0) is 31.1 Å². The van der Waals surface area contributed by atoms with Crippen molar-refractivity contribution in [3.05, 3.63) is 0 Å². The first-order valence-electron chi connectivity index (χ1n) is 10.0. The van der Waals surface area contributed by atoms with Crippen LogP contribution in [0.2, 0.25) is 0 Å². The summed E-state index contributed by atoms with van der Waals surface area (Å²) in [5.41, 5.74) is -0.0417. The predicted molar refractivity (Wildman–Crippen MR) is 101 cm³/mol. The van der Waals surface area contributed by atoms with Gasteiger partial charge in [-0.3, -0.25) is 14.4 Å². The van der Waals surface area contributed by atoms with Crippen molar-refractivity contribution in [1.29, 1.82) is 0 Å². The van der Waals surface area contributed by atoms with Crippen molar-refractivity contribution in [2.24, 2.45) is 11.3 Å². The summed E-state index contributed by atoms with van der Waals surface area (Å²) in [6, 6.07) is 0.0215. The number of likely N-dealkylation sites (tertiary alicyclic amines) is 1. The molecule has 0 spiro atoms. The van der Waals surface area contributed by atoms with Crippen molar-refractivity contribution in [3.63, 3.8) is 0 Å². The summed E-state index contributed by atoms with van der Waals surface area (Å²) in [5.74, 6) is -0.0235. The van der Waals surface area contributed by atoms with Crippen molar-refractivity contribution in [2.45, 2.75) is 84.7 Å². The standard InChI is InChI=1S/C20H35N3O3/c1-14(24)21-16-9-5-6-10-17(16)22-19(26)15-8-7-11-23(13-15)18(25)12-20(2,3)4/h15-17H,5-13H2,1-4H3,(H,21,24)(H,22,26)/t15?,16-,17?/m1/s1. The van der Waals surface area contributed by atoms with Gasteiger partial charge in [-0.25, -0.2) is 0 Å². The minimum absolute atomic E-state index is 0.000744. The molecule has 26 heavy (non-hydrogen) atoms. The highest BCUT2D eigenvalue weighted by atomic mass is 16.2. The highest BCUT2D eigenvalue weighted by molar-refractivity contribution is 5.82. The maximum absolute atomic E-state index is 12.8. The van der Waals surface area contributed by atoms with Crippen LogP contribution >= 0.6 is 0 Å². The zero-order valence-corrected chi connectivity index (χ0v) is 16.8. The Morgan fingerprint density at radius 1 is 0.962 bits per heavy atom. The Bertz CT molecular complexity index is 527. The lowest BCUT2D eigenvalue weighted by molar-refractivity contribution is -0.137. The smallest absolute Gasteiger partial charge is 0.225 e. The SMILES string of the molecule is CC(=O)N[C@@H]1CCCCC1NC(=O)C1CCCN(C(=O)CC(C)(C)C)C1. The average Bonchev–Trinajstić information content (AvgIpc) is 2.54. The van der Waals surface area contributed by atoms with Gasteiger partial charge in [0.1, 0.15) is 0 Å². The molecule has 0 aromatic heterocycles. The minimum Gasteiger partial charge on any atom is -0.352 e. The predicted octanol–water partition coefficient (Wildman–Crippen LogP) is 2.22. The largest absolute Gasteiger partial charge is 0.352 e. The second-order valence-corrected chi connectivity index (χ2v) is 9.12. The first kappa shape index (κ1) is 20.7. The number of hydrogen-bond acceptors (Lipinski definition) is 3. The maximum Gasteiger partial charge on any atom is 0.225 e. The maximum atomic E-state index is 12.8. The number of hydrogen-bond donors (Lipinski definition) is 2. The van der Waals surface area contributed by atoms with Crippen LogP contribution in [0.1, 0.15) is 72.6 Å². The van der Waals surface area contributed by atoms with Gasteiger partial charge in [-0.1, -0.05) is 33.6 Å². The number of carbonyl (C=O) groups excluding carboxylic acids is 3. The van der Waals surface area contributed by atoms with E-state index >= 15 is 0 Å². The molecule has 6 nitrogen and oxygen atoms in total. The van der Waals surface area contributed by atoms with Gasteiger partial charge >= 0.3 is 0 Å². The molecule has 6 heteroatoms. The van der Waals surface area contributed by atoms with Gasteiger partial charge in [0.15, 0.2) is 0 Å². The third-order valence-electron chi connectivity index (χ3n) is 5.31. The van der Waals surface area contributed by atoms with E-state index in [1.807, 2.05) is 4.90 Å². The van der Waals surface area contributed by atoms with Crippen LogP contribution in [0.4, 0.5) is 0 Å². The topological polar surface area (TPSA) is 78.5 Å². The third-order valence-corrected chi connectivity index (χ3v) is 5.31. The zero-order chi connectivity index (χ0) is 19.3. The molecule has 2 unspecified atom stereocenters. The van der Waals surface area contributed by atoms with Crippen molar-refractivity contribution in [2.75, 3.05) is 13.1 Å². The summed E-state index contributed by atoms with van der Waals surface area (Å²) >= 11 is 0. The van der Waals surface area contributed by atoms with E-state index in [1.54, 1.807) is 0 Å². The van der Waals surface area contributed by atoms with Crippen LogP contribution in [0.15, 0.2) is 0 Å². The van der Waals surface area contributed by atoms with E-state index in [4.69, 9.17) is 0 Å². The lowest BCUT2D eigenvalue weighted by Gasteiger charge is -2.36. The molecular formula is C20H35N3O3. The third kappa shape index (κ3) is 6.29. The van der Waals surface area contributed by atoms with Gasteiger partial charge < -0.3 is 15.5 Å². The highest BCUT2D eigenvalue weighted by Gasteiger charge is 2.33. The van der Waals surface area contributed by atoms with Gasteiger partial charge in [-0.15, -0.1) is 0 Å². The molecule has 0 aromatic carbocycles. The van der Waals surface area contributed by atoms with Crippen LogP contribution in [0.5, 0.6) is 0 Å². The van der Waals surface area contributed by atoms with E-state index in [0.29, 0.717) is 13.0 Å². The first-order chi connectivity index (χ1) is 12.2. The fourth-order valence-electron chi connectivity index (χ4n) is 4.02. The summed E-state index contributed by atoms with van der Waals surface area (Å²) < 4.78 is 0. The van der Waals surface area contributed by atoms with Crippen LogP contribution in [0.3, 0.4) is 0 Å². The van der Waals surface area contributed by atoms with E-state index in [2.05, 4.69) is 31.4 Å². The van der Waals surface area contributed by atoms with Gasteiger partial charge in [0.25, 0.3) is 0 Å². The molecule has 2 aliphatic rings. The van der Waals surface area contributed by atoms with Gasteiger partial charge in [0.05, 0.1) is 5.92 Å². The molecular weight excluding hydrogens is 330 g/mol. The molecule has 2 rings (SSSR count). The fraction of sp³-hybridized carbons (Fsp3) is 0.850. The first-order valence-corrected chi connectivity index (χ1v) is 10.0. The number of nitrogens with zero attached hydrogens (tertiary/aromatic N) is 1. The molecule has 0 radical (unpaired) electrons. The van der Waals surface area contributed by atoms with Crippen LogP contribution < -0.4 is 10.6 Å². The summed E-state index contributed by atoms with van der Waals surface area (Å²) in [5, 5.41) is 6.13. The molecule has 1 heterocycles. The molecule has 0 bridgehead atoms. The highest BCUT2D eigenvalue weighted by Crippen LogP contribution is 2.24. The monoisotopic (exact) mass is 365 g/mol. The van der Waals surface area contributed by atoms with E-state index in [9.17, 15) is 14.4 Å². The number of rotatable bonds is 4. The Labute approximate surface area is 157 Å². The molecule has 1 aliphatic carbocycles. The van der Waals surface area contributed by atoms with E-state index in [0.717, 1.165) is 45.1 Å². The molecule has 1 saturated carbocycles. The van der Waals surface area contributed by atoms with Crippen LogP contribution in [0.25, 0.3) is 0 Å². The number of nitrogens with one attached hydrogen (secondary N) is 2. The van der Waals surface area contributed by atoms with E-state index in [-0.39, 0.29) is 41.1 Å². The van der Waals surface area contributed by atoms with Crippen LogP contribution in [0, 0.1) is 11.3 Å². The van der Waals surface area contributed by atoms with Crippen molar-refractivity contribution >= 4 is 17.7 Å². The lowest BCUT2D eigenvalue weighted by Crippen LogP contribution is -2.55. The summed E-state index contributed by atoms with van der Waals surface area (Å²) in [6.07, 6.45) is 6.16. The lowest BCUT2D eigenvalue weighted by atomic mass is 9.88. The summed E-state index contributed by atoms with van der Waals surface area (Å²) in [4.78, 5) is 38.5. The Morgan fingerprint density at radius 2 is 1.58 bits per heavy atom. The normalized spacial score (nSPS) is 26.9. The number of piperidine rings is 1. The van der Waals surface area contributed by atoms with Crippen molar-refractivity contribution < 1.29 is 14.4 Å². The van der Waals surface area contributed by atoms with E-state index in [1.165, 1.54) is 6.92 Å². The molecule has 0 aromatic rings. The Kier molecular flexibility index (Phi) is 7.07. The van der Waals surface area contributed by atoms with Crippen LogP contribution in [-0.2, 0) is 14.4 Å². The minimum atomic E-state index is -0.146. The number of amides is 3. The molecule has 2 fully saturated rings. The second kappa shape index (κ2) is 8.87. The average molecular weight is 366 g/mol. The molecule has 3 amide bonds. The van der Waals surface area contributed by atoms with E-state index < -0.39 is 0 Å². The zero-order valence-electron chi connectivity index (χ0n) is 16.8. The quantitative estimate of drug-likeness (QED) is 0.802. The van der Waals surface area contributed by atoms with Gasteiger partial charge in [0.2, 0.25) is 17.7 Å².